The number of benzene rings is 3. The van der Waals surface area contributed by atoms with E-state index in [2.05, 4.69) is 72.8 Å². The number of aromatic hydroxyl groups is 1. The molecule has 13 N–H and O–H groups in total. The first kappa shape index (κ1) is 59.8. The summed E-state index contributed by atoms with van der Waals surface area (Å²) < 4.78 is 0. The number of fused-ring (bicyclic) bond motifs is 1. The lowest BCUT2D eigenvalue weighted by molar-refractivity contribution is -0.141. The number of carboxylic acid groups (broad SMARTS) is 1. The zero-order chi connectivity index (χ0) is 54.3. The van der Waals surface area contributed by atoms with Crippen LogP contribution in [0.5, 0.6) is 5.75 Å². The monoisotopic (exact) mass is 1080 g/mol. The summed E-state index contributed by atoms with van der Waals surface area (Å²) in [7, 11) is 0. The van der Waals surface area contributed by atoms with E-state index in [1.165, 1.54) is 23.9 Å². The van der Waals surface area contributed by atoms with E-state index in [1.54, 1.807) is 61.0 Å². The van der Waals surface area contributed by atoms with Gasteiger partial charge in [-0.15, -0.1) is 0 Å². The van der Waals surface area contributed by atoms with Crippen LogP contribution < -0.4 is 48.3 Å². The van der Waals surface area contributed by atoms with Crippen molar-refractivity contribution in [3.05, 3.63) is 102 Å². The summed E-state index contributed by atoms with van der Waals surface area (Å²) in [4.78, 5) is 124. The maximum atomic E-state index is 14.4. The van der Waals surface area contributed by atoms with Crippen LogP contribution in [0.25, 0.3) is 10.9 Å². The minimum Gasteiger partial charge on any atom is -0.508 e. The predicted molar refractivity (Wildman–Crippen MR) is 287 cm³/mol. The molecule has 0 aliphatic carbocycles. The van der Waals surface area contributed by atoms with E-state index >= 15 is 0 Å². The molecule has 0 aliphatic rings. The van der Waals surface area contributed by atoms with Gasteiger partial charge >= 0.3 is 5.97 Å². The molecule has 0 bridgehead atoms. The summed E-state index contributed by atoms with van der Waals surface area (Å²) in [5.41, 5.74) is 8.48. The van der Waals surface area contributed by atoms with E-state index in [0.717, 1.165) is 10.9 Å². The Morgan fingerprint density at radius 3 is 1.68 bits per heavy atom. The number of thiol groups is 2. The predicted octanol–water partition coefficient (Wildman–Crippen LogP) is 0.113. The molecule has 4 rings (SSSR count). The van der Waals surface area contributed by atoms with E-state index in [1.807, 2.05) is 32.0 Å². The molecule has 0 radical (unpaired) electrons. The van der Waals surface area contributed by atoms with Crippen molar-refractivity contribution >= 4 is 101 Å². The third kappa shape index (κ3) is 19.6. The number of aromatic nitrogens is 1. The number of carboxylic acids is 1. The average Bonchev–Trinajstić information content (AvgIpc) is 3.79. The molecule has 24 heteroatoms. The number of hydrogen-bond donors (Lipinski definition) is 14. The molecule has 0 aliphatic heterocycles. The lowest BCUT2D eigenvalue weighted by Gasteiger charge is -2.26. The number of carbonyl (C=O) groups excluding carboxylic acids is 8. The van der Waals surface area contributed by atoms with Gasteiger partial charge in [0.1, 0.15) is 42.0 Å². The highest BCUT2D eigenvalue weighted by atomic mass is 32.2. The van der Waals surface area contributed by atoms with Crippen LogP contribution in [0, 0.1) is 5.92 Å². The standard InChI is InChI=1S/C50H66N10O11S3/c1-28(2)19-37(58-49(69)39(20-29-9-5-4-6-10-29)56-43(63)25-53-45(65)38(57-44(64)34(51)26-72)21-30-13-15-32(61)16-14-30)48(68)59-40(22-31-23-52-35-12-8-7-11-33(31)35)46(66)54-24-42(62)55-36(17-18-74-3)47(67)60-41(27-73)50(70)71/h4-16,23,28,34,36-41,52,61,72-73H,17-22,24-27,51H2,1-3H3,(H,53,65)(H,54,66)(H,55,62)(H,56,63)(H,57,64)(H,58,69)(H,59,68)(H,60,67)(H,70,71)/t34-,36-,37-,38-,39-,40-,41-/m0/s1. The summed E-state index contributed by atoms with van der Waals surface area (Å²) in [5.74, 6) is -7.22. The van der Waals surface area contributed by atoms with Crippen molar-refractivity contribution in [1.82, 2.24) is 47.5 Å². The Morgan fingerprint density at radius 1 is 0.595 bits per heavy atom. The SMILES string of the molecule is CSCC[C@H](NC(=O)CNC(=O)[C@H](Cc1c[nH]c2ccccc12)NC(=O)[C@H](CC(C)C)NC(=O)[C@H](Cc1ccccc1)NC(=O)CNC(=O)[C@H](Cc1ccc(O)cc1)NC(=O)[C@@H](N)CS)C(=O)N[C@@H](CS)C(=O)O. The number of aliphatic carboxylic acids is 1. The van der Waals surface area contributed by atoms with E-state index < -0.39 is 109 Å². The summed E-state index contributed by atoms with van der Waals surface area (Å²) >= 11 is 9.45. The minimum absolute atomic E-state index is 0.00531. The zero-order valence-electron chi connectivity index (χ0n) is 41.2. The number of phenols is 1. The van der Waals surface area contributed by atoms with Gasteiger partial charge < -0.3 is 63.5 Å². The molecule has 3 aromatic carbocycles. The van der Waals surface area contributed by atoms with Gasteiger partial charge in [0, 0.05) is 47.9 Å². The molecule has 0 saturated carbocycles. The number of thioether (sulfide) groups is 1. The van der Waals surface area contributed by atoms with Gasteiger partial charge in [0.05, 0.1) is 19.1 Å². The van der Waals surface area contributed by atoms with Gasteiger partial charge in [-0.3, -0.25) is 38.4 Å². The van der Waals surface area contributed by atoms with Crippen LogP contribution in [0.15, 0.2) is 85.1 Å². The zero-order valence-corrected chi connectivity index (χ0v) is 43.8. The first-order valence-electron chi connectivity index (χ1n) is 23.7. The number of amides is 8. The molecular formula is C50H66N10O11S3. The third-order valence-electron chi connectivity index (χ3n) is 11.5. The Kier molecular flexibility index (Phi) is 24.6. The van der Waals surface area contributed by atoms with E-state index in [-0.39, 0.29) is 55.3 Å². The van der Waals surface area contributed by atoms with Gasteiger partial charge in [0.25, 0.3) is 0 Å². The first-order valence-corrected chi connectivity index (χ1v) is 26.4. The van der Waals surface area contributed by atoms with Gasteiger partial charge in [0.2, 0.25) is 47.3 Å². The molecule has 0 saturated heterocycles. The van der Waals surface area contributed by atoms with Gasteiger partial charge in [-0.05, 0) is 65.7 Å². The highest BCUT2D eigenvalue weighted by molar-refractivity contribution is 7.98. The Balaban J connectivity index is 1.53. The maximum Gasteiger partial charge on any atom is 0.327 e. The second kappa shape index (κ2) is 30.4. The fraction of sp³-hybridized carbons (Fsp3) is 0.420. The molecule has 0 unspecified atom stereocenters. The molecular weight excluding hydrogens is 1010 g/mol. The van der Waals surface area contributed by atoms with Crippen LogP contribution in [0.2, 0.25) is 0 Å². The number of nitrogens with one attached hydrogen (secondary N) is 9. The number of hydrogen-bond acceptors (Lipinski definition) is 14. The topological polar surface area (TPSA) is 332 Å². The number of aromatic amines is 1. The lowest BCUT2D eigenvalue weighted by Crippen LogP contribution is -2.59. The van der Waals surface area contributed by atoms with Crippen LogP contribution in [-0.2, 0) is 62.4 Å². The molecule has 21 nitrogen and oxygen atoms in total. The molecule has 1 aromatic heterocycles. The van der Waals surface area contributed by atoms with Crippen molar-refractivity contribution in [1.29, 1.82) is 0 Å². The Bertz CT molecular complexity index is 2550. The van der Waals surface area contributed by atoms with Crippen molar-refractivity contribution in [3.63, 3.8) is 0 Å². The van der Waals surface area contributed by atoms with Crippen molar-refractivity contribution in [2.45, 2.75) is 88.2 Å². The largest absolute Gasteiger partial charge is 0.508 e. The lowest BCUT2D eigenvalue weighted by atomic mass is 9.99. The fourth-order valence-corrected chi connectivity index (χ4v) is 8.39. The minimum atomic E-state index is -1.32. The highest BCUT2D eigenvalue weighted by Gasteiger charge is 2.33. The summed E-state index contributed by atoms with van der Waals surface area (Å²) in [6, 6.07) is 13.5. The smallest absolute Gasteiger partial charge is 0.327 e. The van der Waals surface area contributed by atoms with Crippen LogP contribution in [-0.4, -0.2) is 147 Å². The quantitative estimate of drug-likeness (QED) is 0.0309. The molecule has 1 heterocycles. The molecule has 0 spiro atoms. The van der Waals surface area contributed by atoms with Crippen molar-refractivity contribution in [2.75, 3.05) is 36.6 Å². The molecule has 74 heavy (non-hydrogen) atoms. The van der Waals surface area contributed by atoms with Crippen LogP contribution in [0.1, 0.15) is 43.4 Å². The first-order chi connectivity index (χ1) is 35.3. The van der Waals surface area contributed by atoms with E-state index in [4.69, 9.17) is 5.73 Å². The molecule has 4 aromatic rings. The second-order valence-corrected chi connectivity index (χ2v) is 19.5. The normalized spacial score (nSPS) is 13.9. The second-order valence-electron chi connectivity index (χ2n) is 17.8. The van der Waals surface area contributed by atoms with Gasteiger partial charge in [-0.2, -0.15) is 37.0 Å². The maximum absolute atomic E-state index is 14.4. The number of rotatable bonds is 30. The summed E-state index contributed by atoms with van der Waals surface area (Å²) in [6.45, 7) is 2.40. The van der Waals surface area contributed by atoms with Gasteiger partial charge in [0.15, 0.2) is 0 Å². The molecule has 400 valence electrons. The molecule has 8 amide bonds. The number of para-hydroxylation sites is 1. The molecule has 7 atom stereocenters. The third-order valence-corrected chi connectivity index (χ3v) is 12.9. The van der Waals surface area contributed by atoms with E-state index in [9.17, 15) is 53.4 Å². The highest BCUT2D eigenvalue weighted by Crippen LogP contribution is 2.20. The number of nitrogens with two attached hydrogens (primary N) is 1. The molecule has 0 fully saturated rings. The van der Waals surface area contributed by atoms with Gasteiger partial charge in [-0.25, -0.2) is 4.79 Å². The van der Waals surface area contributed by atoms with Crippen molar-refractivity contribution < 1.29 is 53.4 Å². The summed E-state index contributed by atoms with van der Waals surface area (Å²) in [6.07, 6.45) is 3.60. The van der Waals surface area contributed by atoms with Crippen LogP contribution in [0.4, 0.5) is 0 Å². The van der Waals surface area contributed by atoms with Gasteiger partial charge in [-0.1, -0.05) is 74.5 Å². The van der Waals surface area contributed by atoms with Crippen molar-refractivity contribution in [2.24, 2.45) is 11.7 Å². The average molecular weight is 1080 g/mol. The number of carbonyl (C=O) groups is 9. The fourth-order valence-electron chi connectivity index (χ4n) is 7.51. The Labute approximate surface area is 444 Å². The van der Waals surface area contributed by atoms with Crippen molar-refractivity contribution in [3.8, 4) is 5.75 Å². The number of H-pyrrole nitrogens is 1. The van der Waals surface area contributed by atoms with Crippen LogP contribution >= 0.6 is 37.0 Å². The Morgan fingerprint density at radius 2 is 1.09 bits per heavy atom. The summed E-state index contributed by atoms with van der Waals surface area (Å²) in [5, 5.41) is 40.6. The Hall–Kier alpha value is -6.76. The van der Waals surface area contributed by atoms with E-state index in [0.29, 0.717) is 22.4 Å². The van der Waals surface area contributed by atoms with Crippen LogP contribution in [0.3, 0.4) is 0 Å². The number of phenolic OH excluding ortho intramolecular Hbond substituents is 1.